The van der Waals surface area contributed by atoms with Gasteiger partial charge in [0.05, 0.1) is 13.7 Å². The van der Waals surface area contributed by atoms with E-state index in [0.717, 1.165) is 59.9 Å². The number of nitrogen functional groups attached to an aromatic ring is 1. The highest BCUT2D eigenvalue weighted by Gasteiger charge is 2.38. The molecule has 2 amide bonds. The number of nitrogens with zero attached hydrogens (tertiary/aromatic N) is 2. The number of aromatic nitrogens is 1. The Hall–Kier alpha value is -3.98. The second-order valence-corrected chi connectivity index (χ2v) is 11.9. The summed E-state index contributed by atoms with van der Waals surface area (Å²) in [4.78, 5) is 20.4. The molecule has 1 aromatic heterocycles. The van der Waals surface area contributed by atoms with E-state index in [1.807, 2.05) is 36.4 Å². The molecule has 1 aliphatic rings. The lowest BCUT2D eigenvalue weighted by atomic mass is 9.72. The van der Waals surface area contributed by atoms with E-state index in [2.05, 4.69) is 60.3 Å². The maximum Gasteiger partial charge on any atom is 0.319 e. The minimum absolute atomic E-state index is 0.0822. The summed E-state index contributed by atoms with van der Waals surface area (Å²) in [7, 11) is 1.67. The van der Waals surface area contributed by atoms with Crippen molar-refractivity contribution in [2.75, 3.05) is 55.9 Å². The average Bonchev–Trinajstić information content (AvgIpc) is 3.01. The molecule has 2 heterocycles. The lowest BCUT2D eigenvalue weighted by Crippen LogP contribution is -2.50. The summed E-state index contributed by atoms with van der Waals surface area (Å²) < 4.78 is 11.5. The van der Waals surface area contributed by atoms with Crippen LogP contribution in [0.5, 0.6) is 11.5 Å². The van der Waals surface area contributed by atoms with Crippen LogP contribution in [0, 0.1) is 0 Å². The number of hydrogen-bond acceptors (Lipinski definition) is 7. The van der Waals surface area contributed by atoms with Crippen molar-refractivity contribution >= 4 is 23.2 Å². The van der Waals surface area contributed by atoms with E-state index in [9.17, 15) is 4.79 Å². The topological polar surface area (TPSA) is 122 Å². The Labute approximate surface area is 255 Å². The SMILES string of the molecule is COc1cccc(C2(CNC(=O)Nc3c(C(C)C)cc(N)cc3C(C)C)CCN(c3ncccc3OCCCO)CC2)c1. The lowest BCUT2D eigenvalue weighted by Gasteiger charge is -2.43. The first-order valence-corrected chi connectivity index (χ1v) is 15.2. The van der Waals surface area contributed by atoms with E-state index in [1.165, 1.54) is 0 Å². The number of aliphatic hydroxyl groups is 1. The van der Waals surface area contributed by atoms with Crippen LogP contribution in [0.3, 0.4) is 0 Å². The number of hydrogen-bond donors (Lipinski definition) is 4. The van der Waals surface area contributed by atoms with Crippen LogP contribution in [0.1, 0.15) is 75.5 Å². The monoisotopic (exact) mass is 589 g/mol. The molecule has 9 nitrogen and oxygen atoms in total. The van der Waals surface area contributed by atoms with Gasteiger partial charge in [-0.25, -0.2) is 9.78 Å². The molecule has 3 aromatic rings. The minimum atomic E-state index is -0.308. The summed E-state index contributed by atoms with van der Waals surface area (Å²) in [6.07, 6.45) is 3.93. The number of nitrogens with one attached hydrogen (secondary N) is 2. The molecular weight excluding hydrogens is 542 g/mol. The van der Waals surface area contributed by atoms with E-state index in [1.54, 1.807) is 13.3 Å². The maximum absolute atomic E-state index is 13.5. The number of ether oxygens (including phenoxy) is 2. The maximum atomic E-state index is 13.5. The summed E-state index contributed by atoms with van der Waals surface area (Å²) in [5, 5.41) is 15.6. The first-order chi connectivity index (χ1) is 20.7. The van der Waals surface area contributed by atoms with Crippen LogP contribution in [0.4, 0.5) is 22.0 Å². The molecule has 0 atom stereocenters. The second-order valence-electron chi connectivity index (χ2n) is 11.9. The van der Waals surface area contributed by atoms with Crippen molar-refractivity contribution in [2.24, 2.45) is 0 Å². The Balaban J connectivity index is 1.56. The Bertz CT molecular complexity index is 1340. The number of benzene rings is 2. The Morgan fingerprint density at radius 1 is 1.07 bits per heavy atom. The Morgan fingerprint density at radius 2 is 1.77 bits per heavy atom. The van der Waals surface area contributed by atoms with Crippen LogP contribution in [0.15, 0.2) is 54.7 Å². The molecule has 0 spiro atoms. The third kappa shape index (κ3) is 7.70. The number of rotatable bonds is 12. The fourth-order valence-electron chi connectivity index (χ4n) is 5.82. The van der Waals surface area contributed by atoms with Crippen LogP contribution < -0.4 is 30.7 Å². The van der Waals surface area contributed by atoms with Crippen molar-refractivity contribution in [3.63, 3.8) is 0 Å². The van der Waals surface area contributed by atoms with Crippen LogP contribution >= 0.6 is 0 Å². The largest absolute Gasteiger partial charge is 0.497 e. The van der Waals surface area contributed by atoms with Gasteiger partial charge in [-0.1, -0.05) is 39.8 Å². The van der Waals surface area contributed by atoms with Crippen molar-refractivity contribution in [3.05, 3.63) is 71.4 Å². The molecule has 0 unspecified atom stereocenters. The predicted molar refractivity (Wildman–Crippen MR) is 174 cm³/mol. The number of aliphatic hydroxyl groups excluding tert-OH is 1. The highest BCUT2D eigenvalue weighted by Crippen LogP contribution is 2.40. The quantitative estimate of drug-likeness (QED) is 0.150. The molecule has 0 bridgehead atoms. The highest BCUT2D eigenvalue weighted by molar-refractivity contribution is 5.92. The standard InChI is InChI=1S/C34H47N5O4/c1-23(2)28-20-26(35)21-29(24(3)4)31(28)38-33(41)37-22-34(25-9-6-10-27(19-25)42-5)12-15-39(16-13-34)32-30(11-7-14-36-32)43-18-8-17-40/h6-7,9-11,14,19-21,23-24,40H,8,12-13,15-18,22,35H2,1-5H3,(H2,37,38,41). The molecule has 1 saturated heterocycles. The first-order valence-electron chi connectivity index (χ1n) is 15.2. The van der Waals surface area contributed by atoms with Gasteiger partial charge in [-0.15, -0.1) is 0 Å². The fraction of sp³-hybridized carbons (Fsp3) is 0.471. The molecule has 9 heteroatoms. The molecule has 2 aromatic carbocycles. The molecule has 0 saturated carbocycles. The molecule has 0 radical (unpaired) electrons. The Kier molecular flexibility index (Phi) is 10.7. The Morgan fingerprint density at radius 3 is 2.40 bits per heavy atom. The number of amides is 2. The molecule has 4 rings (SSSR count). The molecule has 0 aliphatic carbocycles. The molecule has 232 valence electrons. The van der Waals surface area contributed by atoms with E-state index >= 15 is 0 Å². The number of piperidine rings is 1. The van der Waals surface area contributed by atoms with Crippen LogP contribution in [-0.2, 0) is 5.41 Å². The van der Waals surface area contributed by atoms with Gasteiger partial charge in [0.2, 0.25) is 0 Å². The second kappa shape index (κ2) is 14.5. The lowest BCUT2D eigenvalue weighted by molar-refractivity contribution is 0.232. The fourth-order valence-corrected chi connectivity index (χ4v) is 5.82. The van der Waals surface area contributed by atoms with Gasteiger partial charge in [0.15, 0.2) is 11.6 Å². The predicted octanol–water partition coefficient (Wildman–Crippen LogP) is 6.04. The third-order valence-electron chi connectivity index (χ3n) is 8.30. The normalized spacial score (nSPS) is 14.6. The third-order valence-corrected chi connectivity index (χ3v) is 8.30. The summed E-state index contributed by atoms with van der Waals surface area (Å²) in [5.74, 6) is 2.71. The number of anilines is 3. The van der Waals surface area contributed by atoms with Crippen LogP contribution in [0.25, 0.3) is 0 Å². The van der Waals surface area contributed by atoms with Crippen molar-refractivity contribution in [1.82, 2.24) is 10.3 Å². The number of carbonyl (C=O) groups excluding carboxylic acids is 1. The van der Waals surface area contributed by atoms with Crippen LogP contribution in [-0.4, -0.2) is 56.1 Å². The zero-order chi connectivity index (χ0) is 31.0. The van der Waals surface area contributed by atoms with E-state index in [0.29, 0.717) is 31.0 Å². The van der Waals surface area contributed by atoms with Crippen molar-refractivity contribution in [1.29, 1.82) is 0 Å². The van der Waals surface area contributed by atoms with Gasteiger partial charge in [0.25, 0.3) is 0 Å². The smallest absolute Gasteiger partial charge is 0.319 e. The van der Waals surface area contributed by atoms with Gasteiger partial charge in [-0.2, -0.15) is 0 Å². The zero-order valence-electron chi connectivity index (χ0n) is 26.2. The molecule has 1 fully saturated rings. The number of methoxy groups -OCH3 is 1. The van der Waals surface area contributed by atoms with E-state index in [-0.39, 0.29) is 29.9 Å². The van der Waals surface area contributed by atoms with Crippen LogP contribution in [0.2, 0.25) is 0 Å². The van der Waals surface area contributed by atoms with Crippen molar-refractivity contribution < 1.29 is 19.4 Å². The highest BCUT2D eigenvalue weighted by atomic mass is 16.5. The van der Waals surface area contributed by atoms with Gasteiger partial charge in [-0.05, 0) is 77.8 Å². The molecule has 1 aliphatic heterocycles. The first kappa shape index (κ1) is 31.9. The van der Waals surface area contributed by atoms with Gasteiger partial charge in [0.1, 0.15) is 5.75 Å². The molecule has 5 N–H and O–H groups in total. The van der Waals surface area contributed by atoms with Gasteiger partial charge in [0, 0.05) is 55.6 Å². The number of pyridine rings is 1. The van der Waals surface area contributed by atoms with Gasteiger partial charge < -0.3 is 35.8 Å². The zero-order valence-corrected chi connectivity index (χ0v) is 26.2. The van der Waals surface area contributed by atoms with Gasteiger partial charge in [-0.3, -0.25) is 0 Å². The minimum Gasteiger partial charge on any atom is -0.497 e. The number of urea groups is 1. The summed E-state index contributed by atoms with van der Waals surface area (Å²) >= 11 is 0. The summed E-state index contributed by atoms with van der Waals surface area (Å²) in [6, 6.07) is 15.6. The van der Waals surface area contributed by atoms with Gasteiger partial charge >= 0.3 is 6.03 Å². The molecule has 43 heavy (non-hydrogen) atoms. The van der Waals surface area contributed by atoms with Crippen molar-refractivity contribution in [2.45, 2.75) is 64.2 Å². The van der Waals surface area contributed by atoms with Crippen molar-refractivity contribution in [3.8, 4) is 11.5 Å². The summed E-state index contributed by atoms with van der Waals surface area (Å²) in [5.41, 5.74) is 10.7. The number of carbonyl (C=O) groups is 1. The average molecular weight is 590 g/mol. The number of nitrogens with two attached hydrogens (primary N) is 1. The molecular formula is C34H47N5O4. The van der Waals surface area contributed by atoms with E-state index in [4.69, 9.17) is 20.3 Å². The summed E-state index contributed by atoms with van der Waals surface area (Å²) in [6.45, 7) is 10.9. The van der Waals surface area contributed by atoms with E-state index < -0.39 is 0 Å².